The highest BCUT2D eigenvalue weighted by atomic mass is 16.6. The average Bonchev–Trinajstić information content (AvgIpc) is 2.17. The lowest BCUT2D eigenvalue weighted by Crippen LogP contribution is -2.53. The molecule has 2 saturated heterocycles. The Labute approximate surface area is 82.3 Å². The van der Waals surface area contributed by atoms with E-state index in [-0.39, 0.29) is 18.8 Å². The van der Waals surface area contributed by atoms with Crippen LogP contribution in [-0.4, -0.2) is 59.1 Å². The van der Waals surface area contributed by atoms with E-state index in [0.717, 1.165) is 0 Å². The molecule has 0 aromatic rings. The van der Waals surface area contributed by atoms with Crippen molar-refractivity contribution in [2.24, 2.45) is 0 Å². The lowest BCUT2D eigenvalue weighted by Gasteiger charge is -2.42. The molecule has 2 aliphatic heterocycles. The zero-order chi connectivity index (χ0) is 10.1. The van der Waals surface area contributed by atoms with Gasteiger partial charge in [-0.1, -0.05) is 0 Å². The van der Waals surface area contributed by atoms with Crippen LogP contribution < -0.4 is 0 Å². The lowest BCUT2D eigenvalue weighted by atomic mass is 9.93. The number of aliphatic hydroxyl groups is 3. The number of rotatable bonds is 1. The summed E-state index contributed by atoms with van der Waals surface area (Å²) in [5.74, 6) is 0. The molecule has 3 N–H and O–H groups in total. The van der Waals surface area contributed by atoms with E-state index in [1.165, 1.54) is 0 Å². The minimum atomic E-state index is -0.670. The molecule has 2 heterocycles. The van der Waals surface area contributed by atoms with E-state index in [9.17, 15) is 10.2 Å². The molecular formula is C9H16O5. The fraction of sp³-hybridized carbons (Fsp3) is 1.00. The third-order valence-electron chi connectivity index (χ3n) is 2.85. The quantitative estimate of drug-likeness (QED) is 0.492. The predicted octanol–water partition coefficient (Wildman–Crippen LogP) is -1.35. The van der Waals surface area contributed by atoms with Crippen molar-refractivity contribution >= 4 is 0 Å². The fourth-order valence-corrected chi connectivity index (χ4v) is 2.06. The Bertz CT molecular complexity index is 198. The maximum Gasteiger partial charge on any atom is 0.107 e. The third-order valence-corrected chi connectivity index (χ3v) is 2.85. The Balaban J connectivity index is 1.98. The molecule has 0 saturated carbocycles. The van der Waals surface area contributed by atoms with Crippen LogP contribution in [-0.2, 0) is 9.47 Å². The second-order valence-electron chi connectivity index (χ2n) is 3.96. The van der Waals surface area contributed by atoms with Crippen LogP contribution in [0.5, 0.6) is 0 Å². The van der Waals surface area contributed by atoms with Gasteiger partial charge >= 0.3 is 0 Å². The highest BCUT2D eigenvalue weighted by Crippen LogP contribution is 2.28. The first kappa shape index (κ1) is 10.3. The number of fused-ring (bicyclic) bond motifs is 1. The van der Waals surface area contributed by atoms with Gasteiger partial charge in [0.25, 0.3) is 0 Å². The van der Waals surface area contributed by atoms with Crippen molar-refractivity contribution in [1.29, 1.82) is 0 Å². The van der Waals surface area contributed by atoms with E-state index < -0.39 is 18.3 Å². The van der Waals surface area contributed by atoms with Crippen molar-refractivity contribution in [2.75, 3.05) is 13.2 Å². The van der Waals surface area contributed by atoms with Gasteiger partial charge in [0.15, 0.2) is 0 Å². The van der Waals surface area contributed by atoms with Crippen LogP contribution in [0.4, 0.5) is 0 Å². The molecule has 0 spiro atoms. The molecule has 2 rings (SSSR count). The molecule has 0 radical (unpaired) electrons. The Morgan fingerprint density at radius 2 is 1.93 bits per heavy atom. The summed E-state index contributed by atoms with van der Waals surface area (Å²) in [5, 5.41) is 27.8. The summed E-state index contributed by atoms with van der Waals surface area (Å²) >= 11 is 0. The highest BCUT2D eigenvalue weighted by Gasteiger charge is 2.40. The molecule has 2 aliphatic rings. The van der Waals surface area contributed by atoms with Gasteiger partial charge in [-0.25, -0.2) is 0 Å². The number of ether oxygens (including phenoxy) is 2. The first-order valence-corrected chi connectivity index (χ1v) is 4.94. The van der Waals surface area contributed by atoms with E-state index >= 15 is 0 Å². The molecule has 0 unspecified atom stereocenters. The molecule has 0 aliphatic carbocycles. The Kier molecular flexibility index (Phi) is 3.04. The molecule has 82 valence electrons. The smallest absolute Gasteiger partial charge is 0.107 e. The monoisotopic (exact) mass is 204 g/mol. The molecular weight excluding hydrogens is 188 g/mol. The zero-order valence-electron chi connectivity index (χ0n) is 7.87. The second kappa shape index (κ2) is 4.12. The summed E-state index contributed by atoms with van der Waals surface area (Å²) in [7, 11) is 0. The average molecular weight is 204 g/mol. The first-order chi connectivity index (χ1) is 6.70. The van der Waals surface area contributed by atoms with Gasteiger partial charge in [0, 0.05) is 12.8 Å². The van der Waals surface area contributed by atoms with Gasteiger partial charge in [-0.3, -0.25) is 0 Å². The van der Waals surface area contributed by atoms with Crippen molar-refractivity contribution in [2.45, 2.75) is 43.4 Å². The van der Waals surface area contributed by atoms with Gasteiger partial charge in [0.05, 0.1) is 37.6 Å². The van der Waals surface area contributed by atoms with Crippen LogP contribution in [0.15, 0.2) is 0 Å². The van der Waals surface area contributed by atoms with E-state index in [4.69, 9.17) is 14.6 Å². The summed E-state index contributed by atoms with van der Waals surface area (Å²) in [4.78, 5) is 0. The SMILES string of the molecule is OC[C@H]1O[C@H]2C[C@@H](O)CO[C@H]2C[C@H]1O. The minimum absolute atomic E-state index is 0.142. The Morgan fingerprint density at radius 1 is 1.14 bits per heavy atom. The Hall–Kier alpha value is -0.200. The van der Waals surface area contributed by atoms with E-state index in [1.54, 1.807) is 0 Å². The molecule has 2 fully saturated rings. The molecule has 5 heteroatoms. The van der Waals surface area contributed by atoms with Gasteiger partial charge in [0.1, 0.15) is 6.10 Å². The van der Waals surface area contributed by atoms with Crippen LogP contribution in [0.2, 0.25) is 0 Å². The standard InChI is InChI=1S/C9H16O5/c10-3-9-6(12)2-7-8(14-9)1-5(11)4-13-7/h5-12H,1-4H2/t5-,6-,7+,8+,9-/m1/s1. The van der Waals surface area contributed by atoms with Crippen LogP contribution in [0.1, 0.15) is 12.8 Å². The van der Waals surface area contributed by atoms with Crippen molar-refractivity contribution in [3.05, 3.63) is 0 Å². The van der Waals surface area contributed by atoms with Gasteiger partial charge < -0.3 is 24.8 Å². The summed E-state index contributed by atoms with van der Waals surface area (Å²) in [6.07, 6.45) is -1.04. The van der Waals surface area contributed by atoms with Gasteiger partial charge in [0.2, 0.25) is 0 Å². The molecule has 0 bridgehead atoms. The van der Waals surface area contributed by atoms with Crippen molar-refractivity contribution < 1.29 is 24.8 Å². The third kappa shape index (κ3) is 1.92. The normalized spacial score (nSPS) is 48.6. The first-order valence-electron chi connectivity index (χ1n) is 4.94. The molecule has 5 nitrogen and oxygen atoms in total. The van der Waals surface area contributed by atoms with Gasteiger partial charge in [-0.15, -0.1) is 0 Å². The van der Waals surface area contributed by atoms with E-state index in [2.05, 4.69) is 0 Å². The molecule has 0 aromatic heterocycles. The van der Waals surface area contributed by atoms with Crippen LogP contribution >= 0.6 is 0 Å². The molecule has 0 aromatic carbocycles. The topological polar surface area (TPSA) is 79.2 Å². The minimum Gasteiger partial charge on any atom is -0.394 e. The number of aliphatic hydroxyl groups excluding tert-OH is 3. The summed E-state index contributed by atoms with van der Waals surface area (Å²) in [6.45, 7) is 0.113. The second-order valence-corrected chi connectivity index (χ2v) is 3.96. The highest BCUT2D eigenvalue weighted by molar-refractivity contribution is 4.89. The van der Waals surface area contributed by atoms with Crippen LogP contribution in [0.3, 0.4) is 0 Å². The van der Waals surface area contributed by atoms with Gasteiger partial charge in [-0.2, -0.15) is 0 Å². The largest absolute Gasteiger partial charge is 0.394 e. The summed E-state index contributed by atoms with van der Waals surface area (Å²) in [6, 6.07) is 0. The summed E-state index contributed by atoms with van der Waals surface area (Å²) in [5.41, 5.74) is 0. The van der Waals surface area contributed by atoms with E-state index in [0.29, 0.717) is 19.4 Å². The predicted molar refractivity (Wildman–Crippen MR) is 46.7 cm³/mol. The number of hydrogen-bond donors (Lipinski definition) is 3. The zero-order valence-corrected chi connectivity index (χ0v) is 7.87. The maximum atomic E-state index is 9.55. The Morgan fingerprint density at radius 3 is 2.64 bits per heavy atom. The molecule has 5 atom stereocenters. The van der Waals surface area contributed by atoms with E-state index in [1.807, 2.05) is 0 Å². The van der Waals surface area contributed by atoms with Crippen LogP contribution in [0, 0.1) is 0 Å². The fourth-order valence-electron chi connectivity index (χ4n) is 2.06. The lowest BCUT2D eigenvalue weighted by molar-refractivity contribution is -0.226. The molecule has 14 heavy (non-hydrogen) atoms. The summed E-state index contributed by atoms with van der Waals surface area (Å²) < 4.78 is 10.8. The van der Waals surface area contributed by atoms with Crippen molar-refractivity contribution in [1.82, 2.24) is 0 Å². The number of hydrogen-bond acceptors (Lipinski definition) is 5. The van der Waals surface area contributed by atoms with Gasteiger partial charge in [-0.05, 0) is 0 Å². The molecule has 0 amide bonds. The van der Waals surface area contributed by atoms with Crippen LogP contribution in [0.25, 0.3) is 0 Å². The van der Waals surface area contributed by atoms with Crippen molar-refractivity contribution in [3.63, 3.8) is 0 Å². The van der Waals surface area contributed by atoms with Crippen molar-refractivity contribution in [3.8, 4) is 0 Å². The maximum absolute atomic E-state index is 9.55.